The fraction of sp³-hybridized carbons (Fsp3) is 0.909. The lowest BCUT2D eigenvalue weighted by Gasteiger charge is -2.40. The molecule has 0 radical (unpaired) electrons. The molecule has 94 valence electrons. The summed E-state index contributed by atoms with van der Waals surface area (Å²) in [7, 11) is 2.08. The van der Waals surface area contributed by atoms with E-state index in [1.807, 2.05) is 13.8 Å². The van der Waals surface area contributed by atoms with E-state index >= 15 is 0 Å². The van der Waals surface area contributed by atoms with Crippen LogP contribution < -0.4 is 11.1 Å². The van der Waals surface area contributed by atoms with E-state index in [9.17, 15) is 4.79 Å². The molecule has 0 aromatic carbocycles. The SMILES string of the molecule is CC(C)OC(=O)NC1(CN)CCN(C)CC1. The van der Waals surface area contributed by atoms with E-state index in [1.54, 1.807) is 0 Å². The first-order chi connectivity index (χ1) is 7.47. The average Bonchev–Trinajstić information content (AvgIpc) is 2.21. The van der Waals surface area contributed by atoms with Crippen molar-refractivity contribution in [3.63, 3.8) is 0 Å². The van der Waals surface area contributed by atoms with Crippen LogP contribution in [-0.2, 0) is 4.74 Å². The predicted molar refractivity (Wildman–Crippen MR) is 63.3 cm³/mol. The lowest BCUT2D eigenvalue weighted by molar-refractivity contribution is 0.0911. The number of likely N-dealkylation sites (tertiary alicyclic amines) is 1. The Hall–Kier alpha value is -0.810. The zero-order chi connectivity index (χ0) is 12.2. The number of ether oxygens (including phenoxy) is 1. The summed E-state index contributed by atoms with van der Waals surface area (Å²) < 4.78 is 5.09. The van der Waals surface area contributed by atoms with Gasteiger partial charge >= 0.3 is 6.09 Å². The van der Waals surface area contributed by atoms with Crippen LogP contribution >= 0.6 is 0 Å². The monoisotopic (exact) mass is 229 g/mol. The molecule has 0 aromatic heterocycles. The van der Waals surface area contributed by atoms with Gasteiger partial charge in [0.25, 0.3) is 0 Å². The largest absolute Gasteiger partial charge is 0.447 e. The van der Waals surface area contributed by atoms with Gasteiger partial charge in [0, 0.05) is 19.6 Å². The van der Waals surface area contributed by atoms with E-state index in [0.29, 0.717) is 6.54 Å². The van der Waals surface area contributed by atoms with Gasteiger partial charge in [0.1, 0.15) is 0 Å². The molecule has 1 rings (SSSR count). The second kappa shape index (κ2) is 5.50. The first-order valence-corrected chi connectivity index (χ1v) is 5.85. The van der Waals surface area contributed by atoms with Crippen LogP contribution in [0.5, 0.6) is 0 Å². The number of nitrogens with zero attached hydrogens (tertiary/aromatic N) is 1. The maximum atomic E-state index is 11.6. The molecule has 0 spiro atoms. The van der Waals surface area contributed by atoms with Gasteiger partial charge in [0.15, 0.2) is 0 Å². The minimum Gasteiger partial charge on any atom is -0.447 e. The number of carbonyl (C=O) groups excluding carboxylic acids is 1. The molecule has 16 heavy (non-hydrogen) atoms. The van der Waals surface area contributed by atoms with Crippen molar-refractivity contribution < 1.29 is 9.53 Å². The van der Waals surface area contributed by atoms with Crippen LogP contribution in [0.1, 0.15) is 26.7 Å². The zero-order valence-electron chi connectivity index (χ0n) is 10.5. The zero-order valence-corrected chi connectivity index (χ0v) is 10.5. The van der Waals surface area contributed by atoms with Crippen molar-refractivity contribution in [1.82, 2.24) is 10.2 Å². The Morgan fingerprint density at radius 2 is 2.06 bits per heavy atom. The summed E-state index contributed by atoms with van der Waals surface area (Å²) in [4.78, 5) is 13.8. The van der Waals surface area contributed by atoms with E-state index in [4.69, 9.17) is 10.5 Å². The number of amides is 1. The molecular weight excluding hydrogens is 206 g/mol. The highest BCUT2D eigenvalue weighted by Gasteiger charge is 2.34. The van der Waals surface area contributed by atoms with Gasteiger partial charge in [-0.05, 0) is 33.7 Å². The van der Waals surface area contributed by atoms with Crippen molar-refractivity contribution >= 4 is 6.09 Å². The van der Waals surface area contributed by atoms with Crippen LogP contribution in [0.25, 0.3) is 0 Å². The molecule has 1 aliphatic rings. The van der Waals surface area contributed by atoms with Gasteiger partial charge in [-0.3, -0.25) is 0 Å². The van der Waals surface area contributed by atoms with Crippen molar-refractivity contribution in [1.29, 1.82) is 0 Å². The summed E-state index contributed by atoms with van der Waals surface area (Å²) in [5, 5.41) is 2.92. The number of rotatable bonds is 3. The summed E-state index contributed by atoms with van der Waals surface area (Å²) in [6.45, 7) is 6.05. The average molecular weight is 229 g/mol. The molecule has 0 saturated carbocycles. The molecule has 0 bridgehead atoms. The first kappa shape index (κ1) is 13.3. The summed E-state index contributed by atoms with van der Waals surface area (Å²) in [5.41, 5.74) is 5.49. The normalized spacial score (nSPS) is 20.8. The molecule has 1 fully saturated rings. The van der Waals surface area contributed by atoms with Gasteiger partial charge in [-0.1, -0.05) is 0 Å². The van der Waals surface area contributed by atoms with Crippen molar-refractivity contribution in [3.8, 4) is 0 Å². The number of carbonyl (C=O) groups is 1. The highest BCUT2D eigenvalue weighted by molar-refractivity contribution is 5.68. The van der Waals surface area contributed by atoms with Gasteiger partial charge in [-0.2, -0.15) is 0 Å². The number of piperidine rings is 1. The quantitative estimate of drug-likeness (QED) is 0.741. The van der Waals surface area contributed by atoms with Gasteiger partial charge in [-0.25, -0.2) is 4.79 Å². The van der Waals surface area contributed by atoms with E-state index < -0.39 is 0 Å². The van der Waals surface area contributed by atoms with Gasteiger partial charge in [-0.15, -0.1) is 0 Å². The Morgan fingerprint density at radius 1 is 1.50 bits per heavy atom. The molecule has 0 unspecified atom stereocenters. The molecule has 1 amide bonds. The molecule has 1 saturated heterocycles. The smallest absolute Gasteiger partial charge is 0.407 e. The standard InChI is InChI=1S/C11H23N3O2/c1-9(2)16-10(15)13-11(8-12)4-6-14(3)7-5-11/h9H,4-8,12H2,1-3H3,(H,13,15). The van der Waals surface area contributed by atoms with Gasteiger partial charge in [0.2, 0.25) is 0 Å². The molecule has 5 nitrogen and oxygen atoms in total. The third-order valence-corrected chi connectivity index (χ3v) is 3.04. The van der Waals surface area contributed by atoms with E-state index in [2.05, 4.69) is 17.3 Å². The van der Waals surface area contributed by atoms with Crippen LogP contribution in [-0.4, -0.2) is 49.3 Å². The number of alkyl carbamates (subject to hydrolysis) is 1. The lowest BCUT2D eigenvalue weighted by atomic mass is 9.88. The molecule has 0 aliphatic carbocycles. The topological polar surface area (TPSA) is 67.6 Å². The Kier molecular flexibility index (Phi) is 4.56. The van der Waals surface area contributed by atoms with Crippen LogP contribution in [0, 0.1) is 0 Å². The Bertz CT molecular complexity index is 235. The minimum atomic E-state index is -0.356. The predicted octanol–water partition coefficient (Wildman–Crippen LogP) is 0.544. The van der Waals surface area contributed by atoms with E-state index in [-0.39, 0.29) is 17.7 Å². The van der Waals surface area contributed by atoms with Crippen molar-refractivity contribution in [2.75, 3.05) is 26.7 Å². The van der Waals surface area contributed by atoms with Gasteiger partial charge < -0.3 is 20.7 Å². The third-order valence-electron chi connectivity index (χ3n) is 3.04. The van der Waals surface area contributed by atoms with Crippen molar-refractivity contribution in [2.24, 2.45) is 5.73 Å². The summed E-state index contributed by atoms with van der Waals surface area (Å²) in [5.74, 6) is 0. The van der Waals surface area contributed by atoms with E-state index in [1.165, 1.54) is 0 Å². The molecular formula is C11H23N3O2. The van der Waals surface area contributed by atoms with Crippen LogP contribution in [0.3, 0.4) is 0 Å². The maximum absolute atomic E-state index is 11.6. The van der Waals surface area contributed by atoms with Crippen LogP contribution in [0.2, 0.25) is 0 Å². The summed E-state index contributed by atoms with van der Waals surface area (Å²) in [6.07, 6.45) is 1.31. The minimum absolute atomic E-state index is 0.0962. The molecule has 1 heterocycles. The molecule has 5 heteroatoms. The maximum Gasteiger partial charge on any atom is 0.407 e. The first-order valence-electron chi connectivity index (χ1n) is 5.85. The highest BCUT2D eigenvalue weighted by Crippen LogP contribution is 2.20. The second-order valence-electron chi connectivity index (χ2n) is 4.87. The van der Waals surface area contributed by atoms with Crippen molar-refractivity contribution in [3.05, 3.63) is 0 Å². The van der Waals surface area contributed by atoms with Gasteiger partial charge in [0.05, 0.1) is 11.6 Å². The van der Waals surface area contributed by atoms with Crippen LogP contribution in [0.15, 0.2) is 0 Å². The highest BCUT2D eigenvalue weighted by atomic mass is 16.6. The number of nitrogens with two attached hydrogens (primary N) is 1. The Labute approximate surface area is 97.3 Å². The number of hydrogen-bond acceptors (Lipinski definition) is 4. The number of hydrogen-bond donors (Lipinski definition) is 2. The fourth-order valence-corrected chi connectivity index (χ4v) is 1.89. The van der Waals surface area contributed by atoms with E-state index in [0.717, 1.165) is 25.9 Å². The molecule has 3 N–H and O–H groups in total. The summed E-state index contributed by atoms with van der Waals surface area (Å²) >= 11 is 0. The molecule has 0 aromatic rings. The van der Waals surface area contributed by atoms with Crippen LogP contribution in [0.4, 0.5) is 4.79 Å². The molecule has 0 atom stereocenters. The lowest BCUT2D eigenvalue weighted by Crippen LogP contribution is -2.59. The third kappa shape index (κ3) is 3.64. The Morgan fingerprint density at radius 3 is 2.50 bits per heavy atom. The summed E-state index contributed by atoms with van der Waals surface area (Å²) in [6, 6.07) is 0. The number of nitrogens with one attached hydrogen (secondary N) is 1. The molecule has 1 aliphatic heterocycles. The Balaban J connectivity index is 2.50. The fourth-order valence-electron chi connectivity index (χ4n) is 1.89. The van der Waals surface area contributed by atoms with Crippen molar-refractivity contribution in [2.45, 2.75) is 38.3 Å². The second-order valence-corrected chi connectivity index (χ2v) is 4.87.